The van der Waals surface area contributed by atoms with Gasteiger partial charge in [0.2, 0.25) is 0 Å². The van der Waals surface area contributed by atoms with Crippen LogP contribution in [-0.4, -0.2) is 23.9 Å². The lowest BCUT2D eigenvalue weighted by Crippen LogP contribution is -2.30. The average Bonchev–Trinajstić information content (AvgIpc) is 2.30. The molecule has 0 heterocycles. The molecule has 0 saturated carbocycles. The third kappa shape index (κ3) is 4.37. The highest BCUT2D eigenvalue weighted by Crippen LogP contribution is 2.19. The molecule has 2 atom stereocenters. The van der Waals surface area contributed by atoms with Crippen LogP contribution in [0, 0.1) is 5.82 Å². The van der Waals surface area contributed by atoms with Crippen molar-refractivity contribution >= 4 is 15.9 Å². The van der Waals surface area contributed by atoms with E-state index in [1.165, 1.54) is 6.07 Å². The first-order valence-corrected chi connectivity index (χ1v) is 6.61. The zero-order chi connectivity index (χ0) is 12.8. The summed E-state index contributed by atoms with van der Waals surface area (Å²) in [6.45, 7) is 4.38. The van der Waals surface area contributed by atoms with Gasteiger partial charge in [0.25, 0.3) is 0 Å². The van der Waals surface area contributed by atoms with Crippen molar-refractivity contribution in [2.75, 3.05) is 6.61 Å². The lowest BCUT2D eigenvalue weighted by molar-refractivity contribution is -0.0337. The Bertz CT molecular complexity index is 357. The second-order valence-electron chi connectivity index (χ2n) is 3.91. The molecule has 2 nitrogen and oxygen atoms in total. The van der Waals surface area contributed by atoms with Gasteiger partial charge in [-0.2, -0.15) is 0 Å². The molecule has 0 aliphatic rings. The summed E-state index contributed by atoms with van der Waals surface area (Å²) >= 11 is 3.29. The van der Waals surface area contributed by atoms with Gasteiger partial charge in [-0.05, 0) is 37.1 Å². The van der Waals surface area contributed by atoms with E-state index < -0.39 is 6.10 Å². The standard InChI is InChI=1S/C13H18BrFO2/c1-3-13(17-4-2)12(16)8-9-7-10(14)5-6-11(9)15/h5-7,12-13,16H,3-4,8H2,1-2H3. The summed E-state index contributed by atoms with van der Waals surface area (Å²) in [5.74, 6) is -0.293. The molecule has 0 aliphatic carbocycles. The Balaban J connectivity index is 2.72. The van der Waals surface area contributed by atoms with Gasteiger partial charge in [-0.3, -0.25) is 0 Å². The van der Waals surface area contributed by atoms with Gasteiger partial charge in [-0.1, -0.05) is 22.9 Å². The summed E-state index contributed by atoms with van der Waals surface area (Å²) in [5, 5.41) is 10.0. The molecule has 0 amide bonds. The summed E-state index contributed by atoms with van der Waals surface area (Å²) in [6, 6.07) is 4.73. The minimum atomic E-state index is -0.677. The van der Waals surface area contributed by atoms with Gasteiger partial charge in [0.15, 0.2) is 0 Å². The Kier molecular flexibility index (Phi) is 6.09. The monoisotopic (exact) mass is 304 g/mol. The third-order valence-corrected chi connectivity index (χ3v) is 3.14. The van der Waals surface area contributed by atoms with Gasteiger partial charge < -0.3 is 9.84 Å². The van der Waals surface area contributed by atoms with Crippen molar-refractivity contribution in [3.8, 4) is 0 Å². The quantitative estimate of drug-likeness (QED) is 0.874. The molecule has 0 bridgehead atoms. The average molecular weight is 305 g/mol. The van der Waals surface area contributed by atoms with Crippen molar-refractivity contribution < 1.29 is 14.2 Å². The zero-order valence-corrected chi connectivity index (χ0v) is 11.7. The highest BCUT2D eigenvalue weighted by Gasteiger charge is 2.19. The number of aliphatic hydroxyl groups excluding tert-OH is 1. The smallest absolute Gasteiger partial charge is 0.126 e. The van der Waals surface area contributed by atoms with E-state index in [9.17, 15) is 9.50 Å². The first-order chi connectivity index (χ1) is 8.08. The second-order valence-corrected chi connectivity index (χ2v) is 4.82. The highest BCUT2D eigenvalue weighted by molar-refractivity contribution is 9.10. The Morgan fingerprint density at radius 1 is 1.41 bits per heavy atom. The fourth-order valence-electron chi connectivity index (χ4n) is 1.77. The van der Waals surface area contributed by atoms with Crippen LogP contribution in [0.3, 0.4) is 0 Å². The van der Waals surface area contributed by atoms with E-state index in [2.05, 4.69) is 15.9 Å². The van der Waals surface area contributed by atoms with Crippen molar-refractivity contribution in [2.45, 2.75) is 38.9 Å². The van der Waals surface area contributed by atoms with Crippen molar-refractivity contribution in [1.29, 1.82) is 0 Å². The number of ether oxygens (including phenoxy) is 1. The van der Waals surface area contributed by atoms with E-state index in [-0.39, 0.29) is 18.3 Å². The van der Waals surface area contributed by atoms with Crippen LogP contribution in [0.1, 0.15) is 25.8 Å². The molecule has 0 radical (unpaired) electrons. The van der Waals surface area contributed by atoms with Crippen LogP contribution in [-0.2, 0) is 11.2 Å². The molecular weight excluding hydrogens is 287 g/mol. The number of aliphatic hydroxyl groups is 1. The second kappa shape index (κ2) is 7.09. The van der Waals surface area contributed by atoms with Gasteiger partial charge in [-0.15, -0.1) is 0 Å². The molecule has 1 aromatic carbocycles. The molecule has 0 saturated heterocycles. The minimum absolute atomic E-state index is 0.238. The summed E-state index contributed by atoms with van der Waals surface area (Å²) in [5.41, 5.74) is 0.505. The minimum Gasteiger partial charge on any atom is -0.390 e. The van der Waals surface area contributed by atoms with Crippen molar-refractivity contribution in [1.82, 2.24) is 0 Å². The molecular formula is C13H18BrFO2. The predicted octanol–water partition coefficient (Wildman–Crippen LogP) is 3.31. The molecule has 0 spiro atoms. The molecule has 1 rings (SSSR count). The SMILES string of the molecule is CCOC(CC)C(O)Cc1cc(Br)ccc1F. The van der Waals surface area contributed by atoms with Crippen molar-refractivity contribution in [3.05, 3.63) is 34.1 Å². The normalized spacial score (nSPS) is 14.6. The lowest BCUT2D eigenvalue weighted by Gasteiger charge is -2.21. The van der Waals surface area contributed by atoms with E-state index in [4.69, 9.17) is 4.74 Å². The number of halogens is 2. The van der Waals surface area contributed by atoms with E-state index in [1.54, 1.807) is 12.1 Å². The highest BCUT2D eigenvalue weighted by atomic mass is 79.9. The van der Waals surface area contributed by atoms with E-state index in [0.29, 0.717) is 18.6 Å². The van der Waals surface area contributed by atoms with Crippen LogP contribution in [0.2, 0.25) is 0 Å². The van der Waals surface area contributed by atoms with Crippen molar-refractivity contribution in [2.24, 2.45) is 0 Å². The van der Waals surface area contributed by atoms with Gasteiger partial charge >= 0.3 is 0 Å². The molecule has 1 N–H and O–H groups in total. The van der Waals surface area contributed by atoms with Crippen LogP contribution in [0.5, 0.6) is 0 Å². The molecule has 0 aliphatic heterocycles. The van der Waals surface area contributed by atoms with Crippen LogP contribution in [0.25, 0.3) is 0 Å². The molecule has 0 fully saturated rings. The van der Waals surface area contributed by atoms with Crippen LogP contribution < -0.4 is 0 Å². The maximum Gasteiger partial charge on any atom is 0.126 e. The van der Waals surface area contributed by atoms with E-state index in [1.807, 2.05) is 13.8 Å². The molecule has 4 heteroatoms. The number of benzene rings is 1. The Morgan fingerprint density at radius 3 is 2.71 bits per heavy atom. The first kappa shape index (κ1) is 14.6. The summed E-state index contributed by atoms with van der Waals surface area (Å²) in [7, 11) is 0. The largest absolute Gasteiger partial charge is 0.390 e. The third-order valence-electron chi connectivity index (χ3n) is 2.65. The fraction of sp³-hybridized carbons (Fsp3) is 0.538. The lowest BCUT2D eigenvalue weighted by atomic mass is 10.0. The van der Waals surface area contributed by atoms with Crippen molar-refractivity contribution in [3.63, 3.8) is 0 Å². The van der Waals surface area contributed by atoms with Gasteiger partial charge in [0, 0.05) is 17.5 Å². The molecule has 0 aromatic heterocycles. The van der Waals surface area contributed by atoms with Crippen LogP contribution in [0.4, 0.5) is 4.39 Å². The summed E-state index contributed by atoms with van der Waals surface area (Å²) in [6.07, 6.45) is 0.0659. The molecule has 17 heavy (non-hydrogen) atoms. The number of hydrogen-bond acceptors (Lipinski definition) is 2. The predicted molar refractivity (Wildman–Crippen MR) is 69.5 cm³/mol. The topological polar surface area (TPSA) is 29.5 Å². The summed E-state index contributed by atoms with van der Waals surface area (Å²) < 4.78 is 19.7. The maximum absolute atomic E-state index is 13.5. The van der Waals surface area contributed by atoms with E-state index >= 15 is 0 Å². The van der Waals surface area contributed by atoms with Gasteiger partial charge in [0.05, 0.1) is 12.2 Å². The Hall–Kier alpha value is -0.450. The first-order valence-electron chi connectivity index (χ1n) is 5.82. The fourth-order valence-corrected chi connectivity index (χ4v) is 2.18. The molecule has 1 aromatic rings. The van der Waals surface area contributed by atoms with Crippen LogP contribution >= 0.6 is 15.9 Å². The zero-order valence-electron chi connectivity index (χ0n) is 10.1. The van der Waals surface area contributed by atoms with Gasteiger partial charge in [0.1, 0.15) is 5.82 Å². The Labute approximate surface area is 110 Å². The molecule has 96 valence electrons. The Morgan fingerprint density at radius 2 is 2.12 bits per heavy atom. The number of rotatable bonds is 6. The number of hydrogen-bond donors (Lipinski definition) is 1. The maximum atomic E-state index is 13.5. The van der Waals surface area contributed by atoms with Gasteiger partial charge in [-0.25, -0.2) is 4.39 Å². The van der Waals surface area contributed by atoms with E-state index in [0.717, 1.165) is 4.47 Å². The summed E-state index contributed by atoms with van der Waals surface area (Å²) in [4.78, 5) is 0. The molecule has 2 unspecified atom stereocenters. The van der Waals surface area contributed by atoms with Crippen LogP contribution in [0.15, 0.2) is 22.7 Å².